The molecule has 0 aliphatic heterocycles. The molecular formula is C23H23NO6. The number of carbonyl (C=O) groups excluding carboxylic acids is 1. The standard InChI is InChI=1S/C23H23NO6/c1-13-14(2)23(28)30-21-15(3)19(10-9-17(13)21)29-12-20(25)24-18(22(26)27)11-16-7-5-4-6-8-16/h4-10,18H,11-12H2,1-3H3,(H,24,25)(H,26,27)/t18-/m1/s1. The van der Waals surface area contributed by atoms with Gasteiger partial charge in [-0.2, -0.15) is 0 Å². The second kappa shape index (κ2) is 8.82. The third kappa shape index (κ3) is 4.51. The first-order chi connectivity index (χ1) is 14.3. The molecule has 0 saturated heterocycles. The Morgan fingerprint density at radius 2 is 1.73 bits per heavy atom. The molecular weight excluding hydrogens is 386 g/mol. The molecule has 1 atom stereocenters. The lowest BCUT2D eigenvalue weighted by molar-refractivity contribution is -0.142. The lowest BCUT2D eigenvalue weighted by atomic mass is 10.0. The Balaban J connectivity index is 1.71. The smallest absolute Gasteiger partial charge is 0.339 e. The Morgan fingerprint density at radius 3 is 2.40 bits per heavy atom. The van der Waals surface area contributed by atoms with Crippen molar-refractivity contribution in [2.75, 3.05) is 6.61 Å². The largest absolute Gasteiger partial charge is 0.483 e. The fraction of sp³-hybridized carbons (Fsp3) is 0.261. The van der Waals surface area contributed by atoms with Crippen molar-refractivity contribution in [1.29, 1.82) is 0 Å². The number of ether oxygens (including phenoxy) is 1. The van der Waals surface area contributed by atoms with Crippen molar-refractivity contribution in [2.45, 2.75) is 33.2 Å². The second-order valence-corrected chi connectivity index (χ2v) is 7.14. The third-order valence-corrected chi connectivity index (χ3v) is 5.10. The average Bonchev–Trinajstić information content (AvgIpc) is 2.72. The van der Waals surface area contributed by atoms with Crippen molar-refractivity contribution in [3.8, 4) is 5.75 Å². The minimum atomic E-state index is -1.12. The lowest BCUT2D eigenvalue weighted by Gasteiger charge is -2.16. The monoisotopic (exact) mass is 409 g/mol. The Bertz CT molecular complexity index is 1150. The summed E-state index contributed by atoms with van der Waals surface area (Å²) in [4.78, 5) is 35.8. The molecule has 0 spiro atoms. The zero-order valence-electron chi connectivity index (χ0n) is 17.0. The number of hydrogen-bond acceptors (Lipinski definition) is 5. The molecule has 7 heteroatoms. The molecule has 3 aromatic rings. The van der Waals surface area contributed by atoms with E-state index in [2.05, 4.69) is 5.32 Å². The van der Waals surface area contributed by atoms with E-state index < -0.39 is 23.5 Å². The summed E-state index contributed by atoms with van der Waals surface area (Å²) in [5.41, 5.74) is 2.78. The maximum Gasteiger partial charge on any atom is 0.339 e. The maximum atomic E-state index is 12.3. The summed E-state index contributed by atoms with van der Waals surface area (Å²) < 4.78 is 11.0. The van der Waals surface area contributed by atoms with Crippen LogP contribution in [0.3, 0.4) is 0 Å². The van der Waals surface area contributed by atoms with Gasteiger partial charge in [-0.15, -0.1) is 0 Å². The van der Waals surface area contributed by atoms with Crippen LogP contribution in [0.25, 0.3) is 11.0 Å². The number of carbonyl (C=O) groups is 2. The number of benzene rings is 2. The number of nitrogens with one attached hydrogen (secondary N) is 1. The van der Waals surface area contributed by atoms with Crippen LogP contribution in [0.15, 0.2) is 51.7 Å². The van der Waals surface area contributed by atoms with Crippen LogP contribution in [0.1, 0.15) is 22.3 Å². The van der Waals surface area contributed by atoms with Crippen molar-refractivity contribution < 1.29 is 23.8 Å². The normalized spacial score (nSPS) is 11.8. The average molecular weight is 409 g/mol. The van der Waals surface area contributed by atoms with Crippen LogP contribution in [-0.2, 0) is 16.0 Å². The number of carboxylic acids is 1. The number of aryl methyl sites for hydroxylation is 2. The molecule has 7 nitrogen and oxygen atoms in total. The van der Waals surface area contributed by atoms with Crippen molar-refractivity contribution in [3.63, 3.8) is 0 Å². The maximum absolute atomic E-state index is 12.3. The molecule has 1 amide bonds. The van der Waals surface area contributed by atoms with Crippen molar-refractivity contribution in [2.24, 2.45) is 0 Å². The predicted octanol–water partition coefficient (Wildman–Crippen LogP) is 2.91. The molecule has 1 aromatic heterocycles. The van der Waals surface area contributed by atoms with Gasteiger partial charge in [0.15, 0.2) is 6.61 Å². The zero-order chi connectivity index (χ0) is 21.8. The predicted molar refractivity (Wildman–Crippen MR) is 112 cm³/mol. The fourth-order valence-electron chi connectivity index (χ4n) is 3.21. The molecule has 3 rings (SSSR count). The molecule has 0 bridgehead atoms. The summed E-state index contributed by atoms with van der Waals surface area (Å²) in [6.07, 6.45) is 0.167. The van der Waals surface area contributed by atoms with Crippen molar-refractivity contribution >= 4 is 22.8 Å². The van der Waals surface area contributed by atoms with Crippen LogP contribution >= 0.6 is 0 Å². The van der Waals surface area contributed by atoms with Gasteiger partial charge in [-0.05, 0) is 44.0 Å². The number of carboxylic acid groups (broad SMARTS) is 1. The SMILES string of the molecule is Cc1c(C)c2ccc(OCC(=O)N[C@H](Cc3ccccc3)C(=O)O)c(C)c2oc1=O. The molecule has 2 aromatic carbocycles. The molecule has 30 heavy (non-hydrogen) atoms. The van der Waals surface area contributed by atoms with Gasteiger partial charge in [0.25, 0.3) is 5.91 Å². The van der Waals surface area contributed by atoms with E-state index in [9.17, 15) is 19.5 Å². The fourth-order valence-corrected chi connectivity index (χ4v) is 3.21. The Kier molecular flexibility index (Phi) is 6.20. The van der Waals surface area contributed by atoms with Crippen LogP contribution in [0.5, 0.6) is 5.75 Å². The van der Waals surface area contributed by atoms with Crippen LogP contribution in [-0.4, -0.2) is 29.6 Å². The Morgan fingerprint density at radius 1 is 1.03 bits per heavy atom. The highest BCUT2D eigenvalue weighted by Gasteiger charge is 2.21. The molecule has 0 saturated carbocycles. The van der Waals surface area contributed by atoms with E-state index in [-0.39, 0.29) is 13.0 Å². The Hall–Kier alpha value is -3.61. The second-order valence-electron chi connectivity index (χ2n) is 7.14. The van der Waals surface area contributed by atoms with Gasteiger partial charge in [0.1, 0.15) is 17.4 Å². The van der Waals surface area contributed by atoms with Gasteiger partial charge in [-0.25, -0.2) is 9.59 Å². The number of fused-ring (bicyclic) bond motifs is 1. The van der Waals surface area contributed by atoms with E-state index >= 15 is 0 Å². The highest BCUT2D eigenvalue weighted by Crippen LogP contribution is 2.29. The summed E-state index contributed by atoms with van der Waals surface area (Å²) >= 11 is 0. The van der Waals surface area contributed by atoms with E-state index in [0.29, 0.717) is 22.5 Å². The highest BCUT2D eigenvalue weighted by molar-refractivity contribution is 5.86. The van der Waals surface area contributed by atoms with E-state index in [0.717, 1.165) is 16.5 Å². The molecule has 0 unspecified atom stereocenters. The van der Waals surface area contributed by atoms with Crippen molar-refractivity contribution in [3.05, 3.63) is 75.1 Å². The number of aliphatic carboxylic acids is 1. The summed E-state index contributed by atoms with van der Waals surface area (Å²) in [5.74, 6) is -1.29. The summed E-state index contributed by atoms with van der Waals surface area (Å²) in [5, 5.41) is 12.7. The zero-order valence-corrected chi connectivity index (χ0v) is 17.0. The van der Waals surface area contributed by atoms with Crippen LogP contribution in [0.4, 0.5) is 0 Å². The van der Waals surface area contributed by atoms with E-state index in [1.54, 1.807) is 38.1 Å². The topological polar surface area (TPSA) is 106 Å². The van der Waals surface area contributed by atoms with Crippen molar-refractivity contribution in [1.82, 2.24) is 5.32 Å². The molecule has 156 valence electrons. The summed E-state index contributed by atoms with van der Waals surface area (Å²) in [6, 6.07) is 11.5. The minimum Gasteiger partial charge on any atom is -0.483 e. The molecule has 1 heterocycles. The quantitative estimate of drug-likeness (QED) is 0.581. The van der Waals surface area contributed by atoms with Gasteiger partial charge in [0, 0.05) is 22.9 Å². The number of hydrogen-bond donors (Lipinski definition) is 2. The Labute approximate surface area is 173 Å². The van der Waals surface area contributed by atoms with Crippen LogP contribution in [0, 0.1) is 20.8 Å². The third-order valence-electron chi connectivity index (χ3n) is 5.10. The first kappa shape index (κ1) is 21.1. The lowest BCUT2D eigenvalue weighted by Crippen LogP contribution is -2.44. The van der Waals surface area contributed by atoms with Crippen LogP contribution in [0.2, 0.25) is 0 Å². The number of amides is 1. The van der Waals surface area contributed by atoms with Gasteiger partial charge in [-0.3, -0.25) is 4.79 Å². The van der Waals surface area contributed by atoms with E-state index in [4.69, 9.17) is 9.15 Å². The first-order valence-electron chi connectivity index (χ1n) is 9.50. The van der Waals surface area contributed by atoms with Gasteiger partial charge < -0.3 is 19.6 Å². The molecule has 0 fully saturated rings. The highest BCUT2D eigenvalue weighted by atomic mass is 16.5. The van der Waals surface area contributed by atoms with Gasteiger partial charge in [0.05, 0.1) is 0 Å². The summed E-state index contributed by atoms with van der Waals surface area (Å²) in [6.45, 7) is 4.93. The molecule has 0 aliphatic rings. The van der Waals surface area contributed by atoms with Gasteiger partial charge in [0.2, 0.25) is 0 Å². The minimum absolute atomic E-state index is 0.167. The van der Waals surface area contributed by atoms with Gasteiger partial charge >= 0.3 is 11.6 Å². The van der Waals surface area contributed by atoms with E-state index in [1.807, 2.05) is 25.1 Å². The van der Waals surface area contributed by atoms with Gasteiger partial charge in [-0.1, -0.05) is 30.3 Å². The number of rotatable bonds is 7. The summed E-state index contributed by atoms with van der Waals surface area (Å²) in [7, 11) is 0. The van der Waals surface area contributed by atoms with Crippen LogP contribution < -0.4 is 15.7 Å². The molecule has 0 aliphatic carbocycles. The molecule has 0 radical (unpaired) electrons. The molecule has 2 N–H and O–H groups in total. The first-order valence-corrected chi connectivity index (χ1v) is 9.50. The van der Waals surface area contributed by atoms with E-state index in [1.165, 1.54) is 0 Å².